The van der Waals surface area contributed by atoms with Gasteiger partial charge in [-0.15, -0.1) is 11.3 Å². The van der Waals surface area contributed by atoms with Gasteiger partial charge in [0.05, 0.1) is 4.21 Å². The molecule has 1 atom stereocenters. The maximum Gasteiger partial charge on any atom is 1.00 e. The number of aromatic nitrogens is 2. The van der Waals surface area contributed by atoms with Crippen molar-refractivity contribution >= 4 is 44.2 Å². The normalized spacial score (nSPS) is 12.4. The topological polar surface area (TPSA) is 65.9 Å². The van der Waals surface area contributed by atoms with Crippen LogP contribution in [0, 0.1) is 0 Å². The first-order valence-corrected chi connectivity index (χ1v) is 5.45. The maximum atomic E-state index is 10.6. The fourth-order valence-corrected chi connectivity index (χ4v) is 2.59. The molecule has 0 aliphatic heterocycles. The Morgan fingerprint density at radius 3 is 2.79 bits per heavy atom. The summed E-state index contributed by atoms with van der Waals surface area (Å²) >= 11 is 4.57. The first-order chi connectivity index (χ1) is 6.18. The Morgan fingerprint density at radius 1 is 1.50 bits per heavy atom. The Morgan fingerprint density at radius 2 is 2.21 bits per heavy atom. The van der Waals surface area contributed by atoms with Crippen LogP contribution in [0.15, 0.2) is 16.6 Å². The molecular weight excluding hydrogens is 255 g/mol. The van der Waals surface area contributed by atoms with Crippen LogP contribution in [0.1, 0.15) is 0 Å². The zero-order chi connectivity index (χ0) is 9.42. The number of hydrogen-bond acceptors (Lipinski definition) is 5. The van der Waals surface area contributed by atoms with Gasteiger partial charge < -0.3 is 4.55 Å². The fraction of sp³-hybridized carbons (Fsp3) is 0. The van der Waals surface area contributed by atoms with Gasteiger partial charge in [0.15, 0.2) is 0 Å². The van der Waals surface area contributed by atoms with E-state index in [-0.39, 0.29) is 38.9 Å². The molecule has 0 fully saturated rings. The van der Waals surface area contributed by atoms with E-state index in [1.54, 1.807) is 0 Å². The van der Waals surface area contributed by atoms with E-state index < -0.39 is 11.1 Å². The summed E-state index contributed by atoms with van der Waals surface area (Å²) in [5, 5.41) is 0.853. The Labute approximate surface area is 113 Å². The van der Waals surface area contributed by atoms with E-state index in [2.05, 4.69) is 9.97 Å². The van der Waals surface area contributed by atoms with Gasteiger partial charge >= 0.3 is 29.6 Å². The molecule has 1 unspecified atom stereocenters. The summed E-state index contributed by atoms with van der Waals surface area (Å²) in [6, 6.07) is 1.46. The second kappa shape index (κ2) is 4.98. The van der Waals surface area contributed by atoms with E-state index in [0.29, 0.717) is 10.2 Å². The number of halogens is 1. The third kappa shape index (κ3) is 2.33. The van der Waals surface area contributed by atoms with Gasteiger partial charge in [0.1, 0.15) is 16.3 Å². The van der Waals surface area contributed by atoms with E-state index in [1.807, 2.05) is 0 Å². The van der Waals surface area contributed by atoms with Gasteiger partial charge in [-0.05, 0) is 17.1 Å². The van der Waals surface area contributed by atoms with Crippen LogP contribution in [0.25, 0.3) is 10.2 Å². The quantitative estimate of drug-likeness (QED) is 0.357. The molecule has 2 aromatic rings. The number of rotatable bonds is 1. The molecule has 0 aliphatic rings. The third-order valence-electron chi connectivity index (χ3n) is 1.42. The molecule has 2 heterocycles. The molecule has 2 aromatic heterocycles. The maximum absolute atomic E-state index is 10.6. The average molecular weight is 257 g/mol. The Kier molecular flexibility index (Phi) is 4.45. The van der Waals surface area contributed by atoms with Crippen LogP contribution in [0.5, 0.6) is 0 Å². The molecule has 4 nitrogen and oxygen atoms in total. The molecule has 0 N–H and O–H groups in total. The van der Waals surface area contributed by atoms with Crippen LogP contribution in [0.2, 0.25) is 5.15 Å². The van der Waals surface area contributed by atoms with Crippen molar-refractivity contribution < 1.29 is 38.3 Å². The average Bonchev–Trinajstić information content (AvgIpc) is 2.49. The van der Waals surface area contributed by atoms with Crippen molar-refractivity contribution in [1.82, 2.24) is 9.97 Å². The fourth-order valence-electron chi connectivity index (χ4n) is 0.887. The SMILES string of the molecule is O=S([O-])c1cc2c(Cl)ncnc2s1.[Na+]. The predicted molar refractivity (Wildman–Crippen MR) is 49.6 cm³/mol. The second-order valence-corrected chi connectivity index (χ2v) is 4.74. The van der Waals surface area contributed by atoms with Crippen molar-refractivity contribution in [2.75, 3.05) is 0 Å². The van der Waals surface area contributed by atoms with Gasteiger partial charge in [0.25, 0.3) is 0 Å². The van der Waals surface area contributed by atoms with Crippen LogP contribution < -0.4 is 29.6 Å². The Balaban J connectivity index is 0.000000980. The second-order valence-electron chi connectivity index (χ2n) is 2.18. The first kappa shape index (κ1) is 12.5. The standard InChI is InChI=1S/C6H3ClN2O2S2.Na/c7-5-3-1-4(13(10)11)12-6(3)9-2-8-5;/h1-2H,(H,10,11);/q;+1/p-1. The molecule has 0 aliphatic carbocycles. The van der Waals surface area contributed by atoms with Gasteiger partial charge in [0, 0.05) is 5.39 Å². The van der Waals surface area contributed by atoms with E-state index >= 15 is 0 Å². The van der Waals surface area contributed by atoms with Crippen LogP contribution in [0.3, 0.4) is 0 Å². The van der Waals surface area contributed by atoms with Crippen molar-refractivity contribution in [3.05, 3.63) is 17.5 Å². The molecule has 0 spiro atoms. The summed E-state index contributed by atoms with van der Waals surface area (Å²) in [6.45, 7) is 0. The van der Waals surface area contributed by atoms with Crippen LogP contribution in [0.4, 0.5) is 0 Å². The smallest absolute Gasteiger partial charge is 0.768 e. The molecule has 0 saturated heterocycles. The number of nitrogens with zero attached hydrogens (tertiary/aromatic N) is 2. The molecule has 68 valence electrons. The summed E-state index contributed by atoms with van der Waals surface area (Å²) in [5.41, 5.74) is 0. The van der Waals surface area contributed by atoms with Crippen molar-refractivity contribution in [3.8, 4) is 0 Å². The number of hydrogen-bond donors (Lipinski definition) is 0. The molecule has 8 heteroatoms. The van der Waals surface area contributed by atoms with Crippen LogP contribution in [-0.4, -0.2) is 18.7 Å². The molecule has 2 rings (SSSR count). The zero-order valence-electron chi connectivity index (χ0n) is 7.06. The zero-order valence-corrected chi connectivity index (χ0v) is 11.4. The summed E-state index contributed by atoms with van der Waals surface area (Å²) in [7, 11) is 0. The summed E-state index contributed by atoms with van der Waals surface area (Å²) in [5.74, 6) is 0. The van der Waals surface area contributed by atoms with Gasteiger partial charge in [0.2, 0.25) is 0 Å². The Bertz CT molecular complexity index is 490. The molecule has 14 heavy (non-hydrogen) atoms. The monoisotopic (exact) mass is 256 g/mol. The molecule has 0 bridgehead atoms. The minimum atomic E-state index is -2.23. The molecule has 0 radical (unpaired) electrons. The van der Waals surface area contributed by atoms with Crippen molar-refractivity contribution in [2.24, 2.45) is 0 Å². The van der Waals surface area contributed by atoms with Crippen LogP contribution in [-0.2, 0) is 11.1 Å². The third-order valence-corrected chi connectivity index (χ3v) is 3.67. The van der Waals surface area contributed by atoms with Crippen LogP contribution >= 0.6 is 22.9 Å². The predicted octanol–water partition coefficient (Wildman–Crippen LogP) is -1.41. The van der Waals surface area contributed by atoms with Gasteiger partial charge in [-0.2, -0.15) is 0 Å². The summed E-state index contributed by atoms with van der Waals surface area (Å²) < 4.78 is 21.4. The minimum absolute atomic E-state index is 0. The van der Waals surface area contributed by atoms with E-state index in [0.717, 1.165) is 11.3 Å². The van der Waals surface area contributed by atoms with Crippen molar-refractivity contribution in [3.63, 3.8) is 0 Å². The van der Waals surface area contributed by atoms with Crippen molar-refractivity contribution in [2.45, 2.75) is 4.21 Å². The van der Waals surface area contributed by atoms with Gasteiger partial charge in [-0.25, -0.2) is 9.97 Å². The van der Waals surface area contributed by atoms with Gasteiger partial charge in [-0.3, -0.25) is 4.21 Å². The number of fused-ring (bicyclic) bond motifs is 1. The minimum Gasteiger partial charge on any atom is -0.768 e. The largest absolute Gasteiger partial charge is 1.00 e. The molecule has 0 aromatic carbocycles. The first-order valence-electron chi connectivity index (χ1n) is 3.18. The van der Waals surface area contributed by atoms with Crippen molar-refractivity contribution in [1.29, 1.82) is 0 Å². The van der Waals surface area contributed by atoms with E-state index in [4.69, 9.17) is 11.6 Å². The number of thiophene rings is 1. The molecular formula is C6H2ClN2NaO2S2. The van der Waals surface area contributed by atoms with E-state index in [9.17, 15) is 8.76 Å². The summed E-state index contributed by atoms with van der Waals surface area (Å²) in [4.78, 5) is 8.22. The summed E-state index contributed by atoms with van der Waals surface area (Å²) in [6.07, 6.45) is 1.30. The van der Waals surface area contributed by atoms with Gasteiger partial charge in [-0.1, -0.05) is 11.6 Å². The molecule has 0 saturated carbocycles. The molecule has 0 amide bonds. The van der Waals surface area contributed by atoms with E-state index in [1.165, 1.54) is 12.4 Å². The Hall–Kier alpha value is 0.440.